The average Bonchev–Trinajstić information content (AvgIpc) is 4.00. The Labute approximate surface area is 369 Å². The fraction of sp³-hybridized carbons (Fsp3) is 0.417. The topological polar surface area (TPSA) is 138 Å². The van der Waals surface area contributed by atoms with Crippen molar-refractivity contribution in [1.29, 1.82) is 0 Å². The zero-order valence-electron chi connectivity index (χ0n) is 36.1. The maximum Gasteiger partial charge on any atom is 0.264 e. The van der Waals surface area contributed by atoms with Crippen molar-refractivity contribution in [3.05, 3.63) is 112 Å². The van der Waals surface area contributed by atoms with E-state index in [9.17, 15) is 28.0 Å². The number of nitrogens with zero attached hydrogens (tertiary/aromatic N) is 8. The van der Waals surface area contributed by atoms with Crippen molar-refractivity contribution in [2.75, 3.05) is 31.1 Å². The number of benzene rings is 3. The summed E-state index contributed by atoms with van der Waals surface area (Å²) in [6.07, 6.45) is 5.34. The number of carbonyl (C=O) groups excluding carboxylic acids is 4. The second kappa shape index (κ2) is 16.9. The third-order valence-corrected chi connectivity index (χ3v) is 13.6. The minimum absolute atomic E-state index is 0.00861. The van der Waals surface area contributed by atoms with Gasteiger partial charge in [-0.2, -0.15) is 10.2 Å². The molecule has 332 valence electrons. The number of imide groups is 1. The Morgan fingerprint density at radius 2 is 1.72 bits per heavy atom. The number of aromatic nitrogens is 4. The van der Waals surface area contributed by atoms with Gasteiger partial charge in [-0.25, -0.2) is 8.78 Å². The van der Waals surface area contributed by atoms with Crippen LogP contribution in [0.2, 0.25) is 0 Å². The second-order valence-electron chi connectivity index (χ2n) is 17.7. The number of hydrogen-bond donors (Lipinski definition) is 1. The Kier molecular flexibility index (Phi) is 11.0. The zero-order valence-corrected chi connectivity index (χ0v) is 36.1. The molecule has 0 radical (unpaired) electrons. The number of hydrogen-bond acceptors (Lipinski definition) is 9. The molecule has 7 heterocycles. The molecule has 1 N–H and O–H groups in total. The molecule has 10 rings (SSSR count). The molecule has 16 heteroatoms. The van der Waals surface area contributed by atoms with E-state index in [2.05, 4.69) is 37.0 Å². The molecule has 0 saturated carbocycles. The number of fused-ring (bicyclic) bond motifs is 3. The molecule has 2 saturated heterocycles. The largest absolute Gasteiger partial charge is 0.488 e. The van der Waals surface area contributed by atoms with Gasteiger partial charge >= 0.3 is 0 Å². The molecule has 1 atom stereocenters. The Bertz CT molecular complexity index is 2650. The number of aryl methyl sites for hydroxylation is 2. The molecule has 5 aromatic rings. The van der Waals surface area contributed by atoms with Crippen LogP contribution in [0.3, 0.4) is 0 Å². The zero-order chi connectivity index (χ0) is 44.2. The van der Waals surface area contributed by atoms with E-state index >= 15 is 0 Å². The molecule has 14 nitrogen and oxygen atoms in total. The smallest absolute Gasteiger partial charge is 0.264 e. The average molecular weight is 872 g/mol. The van der Waals surface area contributed by atoms with Gasteiger partial charge in [-0.3, -0.25) is 38.8 Å². The SMILES string of the molecule is CC(=O)N1CCc2c(c(N3CCCc4cc(-c5cnn(C)c5)c(C(F)F)cc43)nn2C2CCN(Cc3ccc(COc4cccc5c4C(=O)N(C4CCC(=O)NC4=O)C5)cc3)CC2)C1. The highest BCUT2D eigenvalue weighted by atomic mass is 19.3. The number of ether oxygens (including phenoxy) is 1. The van der Waals surface area contributed by atoms with Gasteiger partial charge in [-0.15, -0.1) is 0 Å². The summed E-state index contributed by atoms with van der Waals surface area (Å²) in [7, 11) is 1.78. The Morgan fingerprint density at radius 3 is 2.45 bits per heavy atom. The number of halogens is 2. The molecular weight excluding hydrogens is 821 g/mol. The van der Waals surface area contributed by atoms with Crippen molar-refractivity contribution in [3.63, 3.8) is 0 Å². The van der Waals surface area contributed by atoms with Gasteiger partial charge in [0.05, 0.1) is 24.3 Å². The van der Waals surface area contributed by atoms with Gasteiger partial charge in [0.15, 0.2) is 5.82 Å². The van der Waals surface area contributed by atoms with Gasteiger partial charge in [-0.05, 0) is 78.1 Å². The van der Waals surface area contributed by atoms with E-state index in [1.54, 1.807) is 43.2 Å². The lowest BCUT2D eigenvalue weighted by Crippen LogP contribution is -2.52. The molecule has 0 aliphatic carbocycles. The van der Waals surface area contributed by atoms with Crippen LogP contribution in [0.1, 0.15) is 101 Å². The van der Waals surface area contributed by atoms with Gasteiger partial charge in [0.25, 0.3) is 12.3 Å². The maximum absolute atomic E-state index is 14.7. The van der Waals surface area contributed by atoms with Crippen molar-refractivity contribution >= 4 is 35.1 Å². The summed E-state index contributed by atoms with van der Waals surface area (Å²) in [5, 5.41) is 11.9. The number of anilines is 2. The van der Waals surface area contributed by atoms with Crippen LogP contribution < -0.4 is 15.0 Å². The van der Waals surface area contributed by atoms with Crippen molar-refractivity contribution in [1.82, 2.24) is 39.6 Å². The number of piperidine rings is 2. The summed E-state index contributed by atoms with van der Waals surface area (Å²) in [6.45, 7) is 6.41. The first-order chi connectivity index (χ1) is 31.0. The first-order valence-electron chi connectivity index (χ1n) is 22.3. The van der Waals surface area contributed by atoms with E-state index in [1.165, 1.54) is 10.5 Å². The van der Waals surface area contributed by atoms with Crippen LogP contribution in [0, 0.1) is 0 Å². The highest BCUT2D eigenvalue weighted by Crippen LogP contribution is 2.44. The van der Waals surface area contributed by atoms with Crippen LogP contribution in [-0.2, 0) is 60.5 Å². The molecule has 2 aromatic heterocycles. The normalized spacial score (nSPS) is 19.2. The Balaban J connectivity index is 0.808. The molecule has 0 bridgehead atoms. The Hall–Kier alpha value is -6.42. The number of nitrogens with one attached hydrogen (secondary N) is 1. The molecule has 5 aliphatic rings. The third kappa shape index (κ3) is 7.81. The fourth-order valence-electron chi connectivity index (χ4n) is 10.3. The number of carbonyl (C=O) groups is 4. The summed E-state index contributed by atoms with van der Waals surface area (Å²) >= 11 is 0. The van der Waals surface area contributed by atoms with Gasteiger partial charge in [0.2, 0.25) is 17.7 Å². The molecule has 2 fully saturated rings. The predicted molar refractivity (Wildman–Crippen MR) is 233 cm³/mol. The number of likely N-dealkylation sites (tertiary alicyclic amines) is 1. The van der Waals surface area contributed by atoms with E-state index in [0.717, 1.165) is 84.8 Å². The summed E-state index contributed by atoms with van der Waals surface area (Å²) in [4.78, 5) is 58.3. The van der Waals surface area contributed by atoms with E-state index < -0.39 is 18.4 Å². The van der Waals surface area contributed by atoms with Crippen molar-refractivity contribution < 1.29 is 32.7 Å². The molecule has 1 unspecified atom stereocenters. The molecule has 0 spiro atoms. The van der Waals surface area contributed by atoms with Gasteiger partial charge in [0, 0.05) is 100 Å². The van der Waals surface area contributed by atoms with Crippen LogP contribution in [0.4, 0.5) is 20.3 Å². The quantitative estimate of drug-likeness (QED) is 0.158. The highest BCUT2D eigenvalue weighted by Gasteiger charge is 2.41. The molecule has 4 amide bonds. The monoisotopic (exact) mass is 871 g/mol. The van der Waals surface area contributed by atoms with E-state index in [0.29, 0.717) is 61.5 Å². The molecule has 5 aliphatic heterocycles. The van der Waals surface area contributed by atoms with Crippen LogP contribution in [0.15, 0.2) is 67.0 Å². The van der Waals surface area contributed by atoms with Crippen LogP contribution in [0.5, 0.6) is 5.75 Å². The van der Waals surface area contributed by atoms with Crippen molar-refractivity contribution in [2.24, 2.45) is 7.05 Å². The molecular formula is C48H51F2N9O5. The van der Waals surface area contributed by atoms with Gasteiger partial charge in [-0.1, -0.05) is 36.4 Å². The lowest BCUT2D eigenvalue weighted by atomic mass is 9.92. The third-order valence-electron chi connectivity index (χ3n) is 13.6. The second-order valence-corrected chi connectivity index (χ2v) is 17.7. The maximum atomic E-state index is 14.7. The molecule has 64 heavy (non-hydrogen) atoms. The predicted octanol–water partition coefficient (Wildman–Crippen LogP) is 6.39. The van der Waals surface area contributed by atoms with Crippen LogP contribution in [0.25, 0.3) is 11.1 Å². The first kappa shape index (κ1) is 41.6. The summed E-state index contributed by atoms with van der Waals surface area (Å²) < 4.78 is 39.5. The minimum Gasteiger partial charge on any atom is -0.488 e. The van der Waals surface area contributed by atoms with E-state index in [1.807, 2.05) is 35.2 Å². The van der Waals surface area contributed by atoms with E-state index in [4.69, 9.17) is 9.84 Å². The highest BCUT2D eigenvalue weighted by molar-refractivity contribution is 6.06. The van der Waals surface area contributed by atoms with Crippen LogP contribution in [-0.4, -0.2) is 90.1 Å². The molecule has 3 aromatic carbocycles. The van der Waals surface area contributed by atoms with Crippen LogP contribution >= 0.6 is 0 Å². The van der Waals surface area contributed by atoms with Crippen molar-refractivity contribution in [2.45, 2.75) is 96.6 Å². The minimum atomic E-state index is -2.67. The lowest BCUT2D eigenvalue weighted by molar-refractivity contribution is -0.137. The number of rotatable bonds is 10. The van der Waals surface area contributed by atoms with E-state index in [-0.39, 0.29) is 42.4 Å². The number of amides is 4. The first-order valence-corrected chi connectivity index (χ1v) is 22.3. The summed E-state index contributed by atoms with van der Waals surface area (Å²) in [5.41, 5.74) is 8.45. The van der Waals surface area contributed by atoms with Crippen molar-refractivity contribution in [3.8, 4) is 16.9 Å². The van der Waals surface area contributed by atoms with Gasteiger partial charge in [0.1, 0.15) is 18.4 Å². The lowest BCUT2D eigenvalue weighted by Gasteiger charge is -2.34. The summed E-state index contributed by atoms with van der Waals surface area (Å²) in [5.74, 6) is 0.229. The fourth-order valence-corrected chi connectivity index (χ4v) is 10.3. The standard InChI is InChI=1S/C48H51F2N9O5/c1-29(60)56-20-16-39-38(27-56)46(57-17-4-6-32-21-36(34-23-51-54(2)25-34)37(45(49)50)22-41(32)57)53-59(39)35-14-18-55(19-15-35)24-30-8-10-31(11-9-30)28-64-42-7-3-5-33-26-58(48(63)44(33)42)40-12-13-43(61)52-47(40)62/h3,5,7-11,21-23,25,35,40,45H,4,6,12-20,24,26-28H2,1-2H3,(H,52,61,62). The Morgan fingerprint density at radius 1 is 0.922 bits per heavy atom. The summed E-state index contributed by atoms with van der Waals surface area (Å²) in [6, 6.07) is 16.9. The van der Waals surface area contributed by atoms with Gasteiger partial charge < -0.3 is 19.4 Å². The number of alkyl halides is 2.